The van der Waals surface area contributed by atoms with Crippen LogP contribution >= 0.6 is 11.8 Å². The lowest BCUT2D eigenvalue weighted by Crippen LogP contribution is -2.30. The molecule has 10 nitrogen and oxygen atoms in total. The summed E-state index contributed by atoms with van der Waals surface area (Å²) in [5, 5.41) is 6.78. The third-order valence-corrected chi connectivity index (χ3v) is 7.36. The van der Waals surface area contributed by atoms with Gasteiger partial charge in [0.05, 0.1) is 29.1 Å². The van der Waals surface area contributed by atoms with Gasteiger partial charge in [-0.05, 0) is 79.2 Å². The summed E-state index contributed by atoms with van der Waals surface area (Å²) in [6.07, 6.45) is -1.98. The van der Waals surface area contributed by atoms with E-state index in [0.29, 0.717) is 22.7 Å². The first-order valence-electron chi connectivity index (χ1n) is 13.1. The van der Waals surface area contributed by atoms with E-state index in [-0.39, 0.29) is 33.9 Å². The summed E-state index contributed by atoms with van der Waals surface area (Å²) in [5.74, 6) is -0.741. The van der Waals surface area contributed by atoms with Gasteiger partial charge in [0.1, 0.15) is 23.7 Å². The number of ether oxygens (including phenoxy) is 1. The van der Waals surface area contributed by atoms with Crippen molar-refractivity contribution in [2.45, 2.75) is 13.3 Å². The van der Waals surface area contributed by atoms with Gasteiger partial charge in [-0.25, -0.2) is 18.9 Å². The molecule has 0 bridgehead atoms. The first kappa shape index (κ1) is 29.6. The number of furan rings is 1. The van der Waals surface area contributed by atoms with Gasteiger partial charge in [-0.1, -0.05) is 17.8 Å². The summed E-state index contributed by atoms with van der Waals surface area (Å²) in [5.41, 5.74) is 2.52. The van der Waals surface area contributed by atoms with E-state index in [2.05, 4.69) is 25.1 Å². The standard InChI is InChI=1S/C30H20F4N6O4S/c1-17-4-10-21(25-3-2-12-43-25)24(13-17)40-26(41)15-45-29(40)37-28(42)36-23-11-5-18(14-22(23)31)27-35-16-39(38-27)19-6-8-20(9-7-19)44-30(32,33)34/h2-14,16H,15H2,1H3,(H,36,42). The van der Waals surface area contributed by atoms with Gasteiger partial charge in [0, 0.05) is 11.1 Å². The number of aryl methyl sites for hydroxylation is 1. The molecule has 5 aromatic rings. The molecular formula is C30H20F4N6O4S. The quantitative estimate of drug-likeness (QED) is 0.196. The number of amidine groups is 1. The minimum absolute atomic E-state index is 0.0613. The zero-order valence-corrected chi connectivity index (χ0v) is 23.9. The number of urea groups is 1. The van der Waals surface area contributed by atoms with E-state index in [1.54, 1.807) is 18.2 Å². The summed E-state index contributed by atoms with van der Waals surface area (Å²) in [7, 11) is 0. The molecule has 3 amide bonds. The number of amides is 3. The van der Waals surface area contributed by atoms with Crippen LogP contribution < -0.4 is 15.0 Å². The van der Waals surface area contributed by atoms with Crippen molar-refractivity contribution in [2.24, 2.45) is 4.99 Å². The Morgan fingerprint density at radius 2 is 1.89 bits per heavy atom. The molecule has 0 atom stereocenters. The molecule has 1 N–H and O–H groups in total. The number of aliphatic imine (C=N–C) groups is 1. The number of aromatic nitrogens is 3. The van der Waals surface area contributed by atoms with Gasteiger partial charge >= 0.3 is 12.4 Å². The number of carbonyl (C=O) groups excluding carboxylic acids is 2. The molecule has 0 saturated carbocycles. The fraction of sp³-hybridized carbons (Fsp3) is 0.100. The largest absolute Gasteiger partial charge is 0.573 e. The Bertz CT molecular complexity index is 1920. The second kappa shape index (κ2) is 11.9. The van der Waals surface area contributed by atoms with Crippen molar-refractivity contribution in [3.63, 3.8) is 0 Å². The normalized spacial score (nSPS) is 14.3. The first-order chi connectivity index (χ1) is 21.5. The van der Waals surface area contributed by atoms with Crippen molar-refractivity contribution < 1.29 is 36.3 Å². The predicted molar refractivity (Wildman–Crippen MR) is 159 cm³/mol. The lowest BCUT2D eigenvalue weighted by atomic mass is 10.1. The Labute approximate surface area is 256 Å². The molecule has 0 aliphatic carbocycles. The molecule has 0 spiro atoms. The molecule has 6 rings (SSSR count). The highest BCUT2D eigenvalue weighted by atomic mass is 32.2. The van der Waals surface area contributed by atoms with Gasteiger partial charge in [-0.3, -0.25) is 9.69 Å². The third-order valence-electron chi connectivity index (χ3n) is 6.44. The Morgan fingerprint density at radius 1 is 1.09 bits per heavy atom. The van der Waals surface area contributed by atoms with Crippen molar-refractivity contribution in [1.29, 1.82) is 0 Å². The van der Waals surface area contributed by atoms with E-state index in [1.165, 1.54) is 46.4 Å². The minimum Gasteiger partial charge on any atom is -0.464 e. The summed E-state index contributed by atoms with van der Waals surface area (Å²) in [4.78, 5) is 35.3. The molecule has 1 saturated heterocycles. The minimum atomic E-state index is -4.81. The molecular weight excluding hydrogens is 616 g/mol. The van der Waals surface area contributed by atoms with E-state index in [9.17, 15) is 22.8 Å². The maximum absolute atomic E-state index is 15.1. The number of benzene rings is 3. The predicted octanol–water partition coefficient (Wildman–Crippen LogP) is 7.21. The molecule has 3 heterocycles. The fourth-order valence-electron chi connectivity index (χ4n) is 4.45. The average Bonchev–Trinajstić information content (AvgIpc) is 3.76. The number of halogens is 4. The van der Waals surface area contributed by atoms with Gasteiger partial charge in [0.25, 0.3) is 0 Å². The van der Waals surface area contributed by atoms with Crippen molar-refractivity contribution in [1.82, 2.24) is 14.8 Å². The van der Waals surface area contributed by atoms with E-state index in [4.69, 9.17) is 4.42 Å². The maximum atomic E-state index is 15.1. The number of nitrogens with zero attached hydrogens (tertiary/aromatic N) is 5. The number of nitrogens with one attached hydrogen (secondary N) is 1. The zero-order valence-electron chi connectivity index (χ0n) is 23.1. The second-order valence-corrected chi connectivity index (χ2v) is 10.5. The highest BCUT2D eigenvalue weighted by molar-refractivity contribution is 8.15. The molecule has 0 radical (unpaired) electrons. The number of rotatable bonds is 6. The first-order valence-corrected chi connectivity index (χ1v) is 14.1. The van der Waals surface area contributed by atoms with Crippen LogP contribution in [0.3, 0.4) is 0 Å². The van der Waals surface area contributed by atoms with E-state index >= 15 is 4.39 Å². The van der Waals surface area contributed by atoms with Crippen LogP contribution in [-0.4, -0.2) is 44.0 Å². The summed E-state index contributed by atoms with van der Waals surface area (Å²) < 4.78 is 63.0. The van der Waals surface area contributed by atoms with Gasteiger partial charge in [-0.2, -0.15) is 4.99 Å². The van der Waals surface area contributed by atoms with Crippen LogP contribution in [0.2, 0.25) is 0 Å². The highest BCUT2D eigenvalue weighted by Gasteiger charge is 2.33. The molecule has 45 heavy (non-hydrogen) atoms. The monoisotopic (exact) mass is 636 g/mol. The molecule has 15 heteroatoms. The molecule has 2 aromatic heterocycles. The highest BCUT2D eigenvalue weighted by Crippen LogP contribution is 2.36. The smallest absolute Gasteiger partial charge is 0.464 e. The number of thioether (sulfide) groups is 1. The van der Waals surface area contributed by atoms with Crippen molar-refractivity contribution in [3.8, 4) is 34.1 Å². The second-order valence-electron chi connectivity index (χ2n) is 9.59. The van der Waals surface area contributed by atoms with Crippen LogP contribution in [0.5, 0.6) is 5.75 Å². The molecule has 1 fully saturated rings. The van der Waals surface area contributed by atoms with Crippen molar-refractivity contribution >= 4 is 40.2 Å². The zero-order chi connectivity index (χ0) is 31.7. The number of hydrogen-bond donors (Lipinski definition) is 1. The van der Waals surface area contributed by atoms with Gasteiger partial charge in [0.2, 0.25) is 5.91 Å². The van der Waals surface area contributed by atoms with Crippen molar-refractivity contribution in [2.75, 3.05) is 16.0 Å². The lowest BCUT2D eigenvalue weighted by Gasteiger charge is -2.19. The topological polar surface area (TPSA) is 115 Å². The molecule has 228 valence electrons. The van der Waals surface area contributed by atoms with Gasteiger partial charge in [-0.15, -0.1) is 18.3 Å². The van der Waals surface area contributed by atoms with E-state index in [0.717, 1.165) is 35.5 Å². The van der Waals surface area contributed by atoms with Crippen molar-refractivity contribution in [3.05, 3.63) is 96.8 Å². The molecule has 0 unspecified atom stereocenters. The van der Waals surface area contributed by atoms with Crippen LogP contribution in [0.4, 0.5) is 33.7 Å². The van der Waals surface area contributed by atoms with E-state index < -0.39 is 24.0 Å². The van der Waals surface area contributed by atoms with Gasteiger partial charge in [0.15, 0.2) is 11.0 Å². The van der Waals surface area contributed by atoms with Crippen LogP contribution in [0, 0.1) is 12.7 Å². The SMILES string of the molecule is Cc1ccc(-c2ccco2)c(N2C(=O)CSC2=NC(=O)Nc2ccc(-c3ncn(-c4ccc(OC(F)(F)F)cc4)n3)cc2F)c1. The van der Waals surface area contributed by atoms with Crippen LogP contribution in [-0.2, 0) is 4.79 Å². The summed E-state index contributed by atoms with van der Waals surface area (Å²) in [6.45, 7) is 1.87. The maximum Gasteiger partial charge on any atom is 0.573 e. The summed E-state index contributed by atoms with van der Waals surface area (Å²) >= 11 is 1.08. The lowest BCUT2D eigenvalue weighted by molar-refractivity contribution is -0.274. The Hall–Kier alpha value is -5.44. The number of alkyl halides is 3. The Morgan fingerprint density at radius 3 is 2.60 bits per heavy atom. The Balaban J connectivity index is 1.18. The van der Waals surface area contributed by atoms with Crippen LogP contribution in [0.1, 0.15) is 5.56 Å². The summed E-state index contributed by atoms with van der Waals surface area (Å²) in [6, 6.07) is 16.9. The average molecular weight is 637 g/mol. The van der Waals surface area contributed by atoms with Crippen LogP contribution in [0.25, 0.3) is 28.4 Å². The van der Waals surface area contributed by atoms with Crippen LogP contribution in [0.15, 0.2) is 94.8 Å². The number of hydrogen-bond acceptors (Lipinski definition) is 7. The number of carbonyl (C=O) groups is 2. The Kier molecular flexibility index (Phi) is 7.85. The molecule has 1 aliphatic rings. The molecule has 3 aromatic carbocycles. The van der Waals surface area contributed by atoms with Gasteiger partial charge < -0.3 is 14.5 Å². The third kappa shape index (κ3) is 6.57. The number of anilines is 2. The van der Waals surface area contributed by atoms with E-state index in [1.807, 2.05) is 19.1 Å². The molecule has 1 aliphatic heterocycles. The fourth-order valence-corrected chi connectivity index (χ4v) is 5.31.